The first-order chi connectivity index (χ1) is 44.2. The zero-order valence-electron chi connectivity index (χ0n) is 53.7. The number of hydrogen-bond acceptors (Lipinski definition) is 35. The van der Waals surface area contributed by atoms with E-state index in [0.717, 1.165) is 0 Å². The van der Waals surface area contributed by atoms with Crippen molar-refractivity contribution in [2.45, 2.75) is 215 Å². The normalized spacial score (nSPS) is 48.7. The molecule has 21 aliphatic rings. The molecule has 0 aromatic carbocycles. The van der Waals surface area contributed by atoms with Crippen molar-refractivity contribution < 1.29 is 168 Å². The highest BCUT2D eigenvalue weighted by molar-refractivity contribution is 5.04. The Balaban J connectivity index is 1.19. The molecule has 0 amide bonds. The van der Waals surface area contributed by atoms with Gasteiger partial charge in [0.25, 0.3) is 0 Å². The first-order valence-corrected chi connectivity index (χ1v) is 30.0. The van der Waals surface area contributed by atoms with Gasteiger partial charge in [0, 0.05) is 99.5 Å². The van der Waals surface area contributed by atoms with Crippen LogP contribution < -0.4 is 0 Å². The Labute approximate surface area is 528 Å². The summed E-state index contributed by atoms with van der Waals surface area (Å²) in [6, 6.07) is 0. The third-order valence-corrected chi connectivity index (χ3v) is 18.2. The molecule has 532 valence electrons. The zero-order chi connectivity index (χ0) is 66.0. The molecule has 21 rings (SSSR count). The minimum absolute atomic E-state index is 0.692. The van der Waals surface area contributed by atoms with Crippen LogP contribution in [0.1, 0.15) is 0 Å². The molecule has 91 heavy (non-hydrogen) atoms. The summed E-state index contributed by atoms with van der Waals surface area (Å²) in [6.45, 7) is -4.84. The molecule has 0 unspecified atom stereocenters. The average molecular weight is 1330 g/mol. The van der Waals surface area contributed by atoms with E-state index in [1.165, 1.54) is 99.5 Å². The second-order valence-electron chi connectivity index (χ2n) is 22.6. The SMILES string of the molecule is CO[C@@H]1[C@@H](OC)[C@H]2O[C@H]3[C@@H](OC)[C@H](OC)[C@@H](O[C@H]4[C@@H](OC)[C@H](OC)[C@@H](O[C@H]5[C@@H](OC)[C@H](OC)[C@@H](O[C@H]6[C@H](OC)[C@@H](OC)[C@@H](O[C@H]7[C@H](OC)[C@@H](OC)[C@@H](O[C@H]8[C@H](OC)[C@@H](OC)[C@@H](O[C@@H]1[C@H](CO)O2)O[C@H]8CO)O[C@@H]7CO)O[C@@H]6CO)O[C@@H]5CO)O[C@@H]4CO)O[C@@H]3CO. The Bertz CT molecular complexity index is 1690. The fourth-order valence-corrected chi connectivity index (χ4v) is 13.8. The third-order valence-electron chi connectivity index (χ3n) is 18.2. The maximum Gasteiger partial charge on any atom is 0.187 e. The Hall–Kier alpha value is -1.40. The molecule has 21 aliphatic heterocycles. The Morgan fingerprint density at radius 1 is 0.165 bits per heavy atom. The van der Waals surface area contributed by atoms with E-state index in [1.54, 1.807) is 0 Å². The van der Waals surface area contributed by atoms with Crippen molar-refractivity contribution in [2.24, 2.45) is 0 Å². The van der Waals surface area contributed by atoms with E-state index in [1.807, 2.05) is 0 Å². The van der Waals surface area contributed by atoms with Crippen molar-refractivity contribution in [1.29, 1.82) is 0 Å². The summed E-state index contributed by atoms with van der Waals surface area (Å²) in [4.78, 5) is 0. The van der Waals surface area contributed by atoms with E-state index in [4.69, 9.17) is 133 Å². The molecule has 0 aromatic heterocycles. The molecule has 35 heteroatoms. The summed E-state index contributed by atoms with van der Waals surface area (Å²) in [5, 5.41) is 77.6. The topological polar surface area (TPSA) is 400 Å². The number of ether oxygens (including phenoxy) is 28. The van der Waals surface area contributed by atoms with Crippen LogP contribution in [-0.2, 0) is 133 Å². The summed E-state index contributed by atoms with van der Waals surface area (Å²) in [7, 11) is 19.2. The zero-order valence-corrected chi connectivity index (χ0v) is 53.7. The van der Waals surface area contributed by atoms with Crippen LogP contribution >= 0.6 is 0 Å². The Morgan fingerprint density at radius 3 is 0.341 bits per heavy atom. The van der Waals surface area contributed by atoms with Gasteiger partial charge in [-0.25, -0.2) is 0 Å². The van der Waals surface area contributed by atoms with E-state index in [9.17, 15) is 35.7 Å². The predicted octanol–water partition coefficient (Wildman–Crippen LogP) is -6.07. The van der Waals surface area contributed by atoms with Gasteiger partial charge >= 0.3 is 0 Å². The lowest BCUT2D eigenvalue weighted by atomic mass is 9.94. The lowest BCUT2D eigenvalue weighted by Gasteiger charge is -2.52. The van der Waals surface area contributed by atoms with E-state index in [2.05, 4.69) is 0 Å². The molecule has 0 radical (unpaired) electrons. The molecule has 0 saturated carbocycles. The monoisotopic (exact) mass is 1330 g/mol. The van der Waals surface area contributed by atoms with E-state index in [-0.39, 0.29) is 0 Å². The molecule has 21 heterocycles. The van der Waals surface area contributed by atoms with Crippen LogP contribution in [-0.4, -0.2) is 396 Å². The van der Waals surface area contributed by atoms with Crippen molar-refractivity contribution in [2.75, 3.05) is 146 Å². The first kappa shape index (κ1) is 75.4. The van der Waals surface area contributed by atoms with E-state index >= 15 is 0 Å². The summed E-state index contributed by atoms with van der Waals surface area (Å²) in [5.74, 6) is 0. The summed E-state index contributed by atoms with van der Waals surface area (Å²) in [5.41, 5.74) is 0. The standard InChI is InChI=1S/C56H98O35/c1-64-36-29-22(15-57)78-50(43(36)71-8)86-30-23(16-58)80-52(45(73-10)37(30)65-2)88-32-25(18-60)82-54(47(75-12)39(32)67-4)90-34-27(20-62)84-56(49(77-14)41(34)69-6)91-35-28(21-63)83-55(48(76-13)42(35)70-7)89-33-26(19-61)81-53(46(74-11)40(33)68-5)87-31-24(17-59)79-51(85-29)44(72-9)38(31)66-3/h22-63H,15-21H2,1-14H3/t22-,23-,24-,25-,26-,27+,28+,29-,30-,31-,32-,33-,34-,35-,36-,37+,38-,39+,40-,41+,42+,43+,44+,45-,46+,47-,48-,49-,50-,51-,52-,53-,54-,55-,56-/m1/s1. The van der Waals surface area contributed by atoms with Gasteiger partial charge in [-0.05, 0) is 0 Å². The summed E-state index contributed by atoms with van der Waals surface area (Å²) < 4.78 is 177. The van der Waals surface area contributed by atoms with Crippen molar-refractivity contribution in [3.8, 4) is 0 Å². The van der Waals surface area contributed by atoms with Crippen LogP contribution in [0.4, 0.5) is 0 Å². The highest BCUT2D eigenvalue weighted by Crippen LogP contribution is 2.42. The third kappa shape index (κ3) is 15.3. The van der Waals surface area contributed by atoms with Gasteiger partial charge in [-0.15, -0.1) is 0 Å². The van der Waals surface area contributed by atoms with Crippen LogP contribution in [0.2, 0.25) is 0 Å². The molecule has 0 aliphatic carbocycles. The van der Waals surface area contributed by atoms with E-state index in [0.29, 0.717) is 0 Å². The van der Waals surface area contributed by atoms with Crippen molar-refractivity contribution >= 4 is 0 Å². The average Bonchev–Trinajstić information content (AvgIpc) is 0.788. The van der Waals surface area contributed by atoms with Gasteiger partial charge in [-0.2, -0.15) is 0 Å². The lowest BCUT2D eigenvalue weighted by Crippen LogP contribution is -2.69. The molecule has 7 N–H and O–H groups in total. The number of aliphatic hydroxyl groups is 7. The van der Waals surface area contributed by atoms with Crippen molar-refractivity contribution in [3.63, 3.8) is 0 Å². The second kappa shape index (κ2) is 35.4. The molecule has 0 aromatic rings. The quantitative estimate of drug-likeness (QED) is 0.0562. The highest BCUT2D eigenvalue weighted by atomic mass is 16.8. The number of methoxy groups -OCH3 is 14. The van der Waals surface area contributed by atoms with E-state index < -0.39 is 261 Å². The smallest absolute Gasteiger partial charge is 0.187 e. The van der Waals surface area contributed by atoms with Gasteiger partial charge in [0.1, 0.15) is 171 Å². The Morgan fingerprint density at radius 2 is 0.264 bits per heavy atom. The summed E-state index contributed by atoms with van der Waals surface area (Å²) >= 11 is 0. The molecule has 35 atom stereocenters. The molecular formula is C56H98O35. The Kier molecular flexibility index (Phi) is 29.3. The van der Waals surface area contributed by atoms with Crippen LogP contribution in [0.25, 0.3) is 0 Å². The van der Waals surface area contributed by atoms with Gasteiger partial charge in [0.05, 0.1) is 46.2 Å². The van der Waals surface area contributed by atoms with Gasteiger partial charge in [-0.3, -0.25) is 0 Å². The molecule has 14 bridgehead atoms. The molecule has 21 saturated heterocycles. The molecule has 0 spiro atoms. The fourth-order valence-electron chi connectivity index (χ4n) is 13.8. The number of rotatable bonds is 21. The minimum atomic E-state index is -1.41. The predicted molar refractivity (Wildman–Crippen MR) is 295 cm³/mol. The van der Waals surface area contributed by atoms with Gasteiger partial charge in [0.2, 0.25) is 0 Å². The van der Waals surface area contributed by atoms with Crippen LogP contribution in [0.15, 0.2) is 0 Å². The van der Waals surface area contributed by atoms with Gasteiger partial charge < -0.3 is 168 Å². The van der Waals surface area contributed by atoms with Crippen LogP contribution in [0.3, 0.4) is 0 Å². The summed E-state index contributed by atoms with van der Waals surface area (Å²) in [6.07, 6.45) is -43.5. The fraction of sp³-hybridized carbons (Fsp3) is 1.00. The first-order valence-electron chi connectivity index (χ1n) is 30.0. The van der Waals surface area contributed by atoms with Crippen molar-refractivity contribution in [1.82, 2.24) is 0 Å². The number of aliphatic hydroxyl groups excluding tert-OH is 7. The second-order valence-corrected chi connectivity index (χ2v) is 22.6. The largest absolute Gasteiger partial charge is 0.394 e. The minimum Gasteiger partial charge on any atom is -0.394 e. The number of hydrogen-bond donors (Lipinski definition) is 7. The maximum atomic E-state index is 11.1. The lowest BCUT2D eigenvalue weighted by molar-refractivity contribution is -0.402. The molecule has 21 fully saturated rings. The van der Waals surface area contributed by atoms with Crippen molar-refractivity contribution in [3.05, 3.63) is 0 Å². The maximum absolute atomic E-state index is 11.1. The highest BCUT2D eigenvalue weighted by Gasteiger charge is 2.62. The molecular weight excluding hydrogens is 1230 g/mol. The van der Waals surface area contributed by atoms with Gasteiger partial charge in [-0.1, -0.05) is 0 Å². The van der Waals surface area contributed by atoms with Gasteiger partial charge in [0.15, 0.2) is 44.0 Å². The van der Waals surface area contributed by atoms with Crippen LogP contribution in [0.5, 0.6) is 0 Å². The molecule has 35 nitrogen and oxygen atoms in total. The van der Waals surface area contributed by atoms with Crippen LogP contribution in [0, 0.1) is 0 Å².